The van der Waals surface area contributed by atoms with Gasteiger partial charge >= 0.3 is 12.4 Å². The van der Waals surface area contributed by atoms with Gasteiger partial charge in [0, 0.05) is 5.56 Å². The summed E-state index contributed by atoms with van der Waals surface area (Å²) >= 11 is 0. The molecule has 0 unspecified atom stereocenters. The van der Waals surface area contributed by atoms with E-state index in [4.69, 9.17) is 10.8 Å². The topological polar surface area (TPSA) is 46.2 Å². The molecule has 0 aliphatic rings. The number of halogens is 7. The second kappa shape index (κ2) is 5.21. The van der Waals surface area contributed by atoms with Gasteiger partial charge in [0.1, 0.15) is 5.82 Å². The van der Waals surface area contributed by atoms with Crippen molar-refractivity contribution in [3.8, 4) is 0 Å². The van der Waals surface area contributed by atoms with Crippen LogP contribution in [0, 0.1) is 5.82 Å². The molecule has 0 saturated heterocycles. The molecule has 0 radical (unpaired) electrons. The van der Waals surface area contributed by atoms with E-state index in [1.54, 1.807) is 0 Å². The second-order valence-corrected chi connectivity index (χ2v) is 4.18. The Labute approximate surface area is 109 Å². The Hall–Kier alpha value is -1.35. The van der Waals surface area contributed by atoms with Crippen LogP contribution in [0.25, 0.3) is 0 Å². The Morgan fingerprint density at radius 1 is 1.05 bits per heavy atom. The highest BCUT2D eigenvalue weighted by atomic mass is 19.4. The minimum absolute atomic E-state index is 0.0766. The van der Waals surface area contributed by atoms with E-state index in [1.807, 2.05) is 0 Å². The molecule has 0 heterocycles. The summed E-state index contributed by atoms with van der Waals surface area (Å²) in [5, 5.41) is 9.14. The first-order chi connectivity index (χ1) is 8.85. The predicted molar refractivity (Wildman–Crippen MR) is 55.0 cm³/mol. The largest absolute Gasteiger partial charge is 0.416 e. The van der Waals surface area contributed by atoms with Crippen molar-refractivity contribution in [1.82, 2.24) is 0 Å². The fourth-order valence-electron chi connectivity index (χ4n) is 1.60. The van der Waals surface area contributed by atoms with E-state index < -0.39 is 47.0 Å². The van der Waals surface area contributed by atoms with Gasteiger partial charge in [0.15, 0.2) is 0 Å². The Morgan fingerprint density at radius 3 is 1.90 bits per heavy atom. The van der Waals surface area contributed by atoms with E-state index in [0.29, 0.717) is 0 Å². The fourth-order valence-corrected chi connectivity index (χ4v) is 1.60. The summed E-state index contributed by atoms with van der Waals surface area (Å²) in [6.45, 7) is 1.00. The van der Waals surface area contributed by atoms with Crippen molar-refractivity contribution < 1.29 is 35.8 Å². The molecule has 9 heteroatoms. The molecule has 1 aromatic rings. The Bertz CT molecular complexity index is 493. The number of nitrogens with two attached hydrogens (primary N) is 1. The molecule has 0 fully saturated rings. The molecule has 2 atom stereocenters. The highest BCUT2D eigenvalue weighted by Gasteiger charge is 2.41. The van der Waals surface area contributed by atoms with Crippen molar-refractivity contribution in [1.29, 1.82) is 0 Å². The molecule has 3 N–H and O–H groups in total. The minimum Gasteiger partial charge on any atom is -0.391 e. The summed E-state index contributed by atoms with van der Waals surface area (Å²) in [7, 11) is 0. The number of alkyl halides is 6. The molecule has 0 aromatic heterocycles. The van der Waals surface area contributed by atoms with Gasteiger partial charge in [-0.3, -0.25) is 0 Å². The molecule has 0 spiro atoms. The third-order valence-corrected chi connectivity index (χ3v) is 2.62. The van der Waals surface area contributed by atoms with E-state index in [0.717, 1.165) is 6.92 Å². The van der Waals surface area contributed by atoms with Crippen LogP contribution in [-0.4, -0.2) is 11.2 Å². The lowest BCUT2D eigenvalue weighted by Gasteiger charge is -2.22. The van der Waals surface area contributed by atoms with E-state index >= 15 is 0 Å². The van der Waals surface area contributed by atoms with Crippen LogP contribution in [0.4, 0.5) is 30.7 Å². The molecule has 114 valence electrons. The normalized spacial score (nSPS) is 16.1. The van der Waals surface area contributed by atoms with Gasteiger partial charge in [-0.25, -0.2) is 4.39 Å². The number of benzene rings is 1. The van der Waals surface area contributed by atoms with Crippen LogP contribution in [0.5, 0.6) is 0 Å². The zero-order valence-electron chi connectivity index (χ0n) is 9.98. The van der Waals surface area contributed by atoms with E-state index in [1.165, 1.54) is 0 Å². The third-order valence-electron chi connectivity index (χ3n) is 2.62. The van der Waals surface area contributed by atoms with Crippen molar-refractivity contribution in [2.75, 3.05) is 0 Å². The van der Waals surface area contributed by atoms with Gasteiger partial charge in [-0.2, -0.15) is 26.3 Å². The maximum absolute atomic E-state index is 13.6. The number of hydrogen-bond acceptors (Lipinski definition) is 2. The van der Waals surface area contributed by atoms with Crippen molar-refractivity contribution in [3.63, 3.8) is 0 Å². The lowest BCUT2D eigenvalue weighted by molar-refractivity contribution is -0.144. The minimum atomic E-state index is -5.23. The van der Waals surface area contributed by atoms with Crippen LogP contribution in [0.1, 0.15) is 29.7 Å². The molecule has 0 amide bonds. The monoisotopic (exact) mass is 305 g/mol. The second-order valence-electron chi connectivity index (χ2n) is 4.18. The van der Waals surface area contributed by atoms with Crippen LogP contribution >= 0.6 is 0 Å². The summed E-state index contributed by atoms with van der Waals surface area (Å²) in [5.41, 5.74) is 0.407. The Kier molecular flexibility index (Phi) is 4.35. The van der Waals surface area contributed by atoms with E-state index in [2.05, 4.69) is 0 Å². The molecule has 20 heavy (non-hydrogen) atoms. The van der Waals surface area contributed by atoms with Crippen LogP contribution in [0.3, 0.4) is 0 Å². The van der Waals surface area contributed by atoms with Gasteiger partial charge in [0.25, 0.3) is 0 Å². The lowest BCUT2D eigenvalue weighted by Crippen LogP contribution is -2.28. The first-order valence-electron chi connectivity index (χ1n) is 5.27. The van der Waals surface area contributed by atoms with Crippen molar-refractivity contribution in [3.05, 3.63) is 34.6 Å². The quantitative estimate of drug-likeness (QED) is 0.824. The molecule has 2 nitrogen and oxygen atoms in total. The molecule has 0 aliphatic heterocycles. The molecular formula is C11H10F7NO. The molecule has 1 aromatic carbocycles. The summed E-state index contributed by atoms with van der Waals surface area (Å²) < 4.78 is 89.1. The van der Waals surface area contributed by atoms with Gasteiger partial charge in [0.2, 0.25) is 0 Å². The maximum Gasteiger partial charge on any atom is 0.416 e. The van der Waals surface area contributed by atoms with Crippen molar-refractivity contribution in [2.45, 2.75) is 31.4 Å². The summed E-state index contributed by atoms with van der Waals surface area (Å²) in [5.74, 6) is -1.76. The van der Waals surface area contributed by atoms with Gasteiger partial charge in [-0.15, -0.1) is 0 Å². The standard InChI is InChI=1S/C11H10F7NO/c1-4(20)9(19)8-6(11(16,17)18)2-5(3-7(8)12)10(13,14)15/h2-4,9,20H,19H2,1H3/t4-,9-/m0/s1. The lowest BCUT2D eigenvalue weighted by atomic mass is 9.94. The molecule has 0 saturated carbocycles. The zero-order chi connectivity index (χ0) is 15.9. The summed E-state index contributed by atoms with van der Waals surface area (Å²) in [4.78, 5) is 0. The van der Waals surface area contributed by atoms with Crippen LogP contribution < -0.4 is 5.73 Å². The Morgan fingerprint density at radius 2 is 1.55 bits per heavy atom. The number of rotatable bonds is 2. The number of aliphatic hydroxyl groups excluding tert-OH is 1. The third kappa shape index (κ3) is 3.40. The molecular weight excluding hydrogens is 295 g/mol. The van der Waals surface area contributed by atoms with Gasteiger partial charge in [-0.05, 0) is 19.1 Å². The summed E-state index contributed by atoms with van der Waals surface area (Å²) in [6, 6.07) is -2.10. The smallest absolute Gasteiger partial charge is 0.391 e. The van der Waals surface area contributed by atoms with Gasteiger partial charge in [0.05, 0.1) is 23.3 Å². The molecule has 1 rings (SSSR count). The van der Waals surface area contributed by atoms with Gasteiger partial charge in [-0.1, -0.05) is 0 Å². The summed E-state index contributed by atoms with van der Waals surface area (Å²) in [6.07, 6.45) is -11.9. The SMILES string of the molecule is C[C@H](O)[C@H](N)c1c(F)cc(C(F)(F)F)cc1C(F)(F)F. The predicted octanol–water partition coefficient (Wildman–Crippen LogP) is 3.24. The van der Waals surface area contributed by atoms with Gasteiger partial charge < -0.3 is 10.8 Å². The van der Waals surface area contributed by atoms with E-state index in [9.17, 15) is 30.7 Å². The average molecular weight is 305 g/mol. The van der Waals surface area contributed by atoms with Crippen LogP contribution in [0.2, 0.25) is 0 Å². The van der Waals surface area contributed by atoms with E-state index in [-0.39, 0.29) is 12.1 Å². The maximum atomic E-state index is 13.6. The molecule has 0 bridgehead atoms. The van der Waals surface area contributed by atoms with Crippen molar-refractivity contribution in [2.24, 2.45) is 5.73 Å². The number of aliphatic hydroxyl groups is 1. The average Bonchev–Trinajstić information content (AvgIpc) is 2.24. The highest BCUT2D eigenvalue weighted by molar-refractivity contribution is 5.39. The van der Waals surface area contributed by atoms with Crippen LogP contribution in [-0.2, 0) is 12.4 Å². The first-order valence-corrected chi connectivity index (χ1v) is 5.27. The first kappa shape index (κ1) is 16.7. The zero-order valence-corrected chi connectivity index (χ0v) is 9.98. The molecule has 0 aliphatic carbocycles. The number of hydrogen-bond donors (Lipinski definition) is 2. The fraction of sp³-hybridized carbons (Fsp3) is 0.455. The highest BCUT2D eigenvalue weighted by Crippen LogP contribution is 2.40. The Balaban J connectivity index is 3.60. The van der Waals surface area contributed by atoms with Crippen LogP contribution in [0.15, 0.2) is 12.1 Å². The van der Waals surface area contributed by atoms with Crippen molar-refractivity contribution >= 4 is 0 Å².